The summed E-state index contributed by atoms with van der Waals surface area (Å²) in [6.07, 6.45) is 0. The Balaban J connectivity index is 1.53. The van der Waals surface area contributed by atoms with E-state index in [4.69, 9.17) is 16.3 Å². The molecule has 0 saturated heterocycles. The molecule has 1 N–H and O–H groups in total. The van der Waals surface area contributed by atoms with E-state index in [1.165, 1.54) is 36.0 Å². The first kappa shape index (κ1) is 21.6. The molecule has 9 nitrogen and oxygen atoms in total. The average molecular weight is 448 g/mol. The average Bonchev–Trinajstić information content (AvgIpc) is 3.06. The number of rotatable bonds is 8. The smallest absolute Gasteiger partial charge is 0.269 e. The minimum Gasteiger partial charge on any atom is -0.485 e. The first-order chi connectivity index (χ1) is 14.3. The lowest BCUT2D eigenvalue weighted by Crippen LogP contribution is -2.14. The van der Waals surface area contributed by atoms with E-state index in [-0.39, 0.29) is 24.0 Å². The van der Waals surface area contributed by atoms with Crippen LogP contribution in [0.3, 0.4) is 0 Å². The summed E-state index contributed by atoms with van der Waals surface area (Å²) in [6, 6.07) is 11.0. The molecule has 2 aromatic carbocycles. The summed E-state index contributed by atoms with van der Waals surface area (Å²) in [7, 11) is 1.80. The van der Waals surface area contributed by atoms with Gasteiger partial charge in [-0.15, -0.1) is 10.2 Å². The maximum atomic E-state index is 12.1. The number of aromatic nitrogens is 3. The van der Waals surface area contributed by atoms with Gasteiger partial charge in [-0.1, -0.05) is 23.4 Å². The maximum Gasteiger partial charge on any atom is 0.269 e. The summed E-state index contributed by atoms with van der Waals surface area (Å²) in [6.45, 7) is 2.13. The number of thioether (sulfide) groups is 1. The van der Waals surface area contributed by atoms with Gasteiger partial charge in [0.25, 0.3) is 5.69 Å². The number of hydrogen-bond donors (Lipinski definition) is 1. The summed E-state index contributed by atoms with van der Waals surface area (Å²) >= 11 is 7.18. The summed E-state index contributed by atoms with van der Waals surface area (Å²) in [5.41, 5.74) is 1.36. The Bertz CT molecular complexity index is 1070. The third kappa shape index (κ3) is 5.49. The zero-order chi connectivity index (χ0) is 21.7. The van der Waals surface area contributed by atoms with Crippen molar-refractivity contribution in [2.75, 3.05) is 11.1 Å². The van der Waals surface area contributed by atoms with Gasteiger partial charge in [-0.25, -0.2) is 0 Å². The van der Waals surface area contributed by atoms with Crippen LogP contribution in [0.15, 0.2) is 47.6 Å². The van der Waals surface area contributed by atoms with E-state index in [0.29, 0.717) is 27.4 Å². The number of aryl methyl sites for hydroxylation is 1. The quantitative estimate of drug-likeness (QED) is 0.315. The van der Waals surface area contributed by atoms with Crippen molar-refractivity contribution in [1.82, 2.24) is 14.8 Å². The first-order valence-electron chi connectivity index (χ1n) is 8.78. The summed E-state index contributed by atoms with van der Waals surface area (Å²) in [5, 5.41) is 22.8. The van der Waals surface area contributed by atoms with Gasteiger partial charge in [0.2, 0.25) is 5.91 Å². The summed E-state index contributed by atoms with van der Waals surface area (Å²) in [4.78, 5) is 22.3. The van der Waals surface area contributed by atoms with Gasteiger partial charge in [0.1, 0.15) is 12.4 Å². The van der Waals surface area contributed by atoms with Crippen LogP contribution in [0.2, 0.25) is 5.02 Å². The molecule has 0 atom stereocenters. The molecular weight excluding hydrogens is 430 g/mol. The van der Waals surface area contributed by atoms with Crippen molar-refractivity contribution >= 4 is 40.6 Å². The highest BCUT2D eigenvalue weighted by Crippen LogP contribution is 2.23. The number of benzene rings is 2. The van der Waals surface area contributed by atoms with Gasteiger partial charge in [-0.3, -0.25) is 14.9 Å². The minimum atomic E-state index is -0.495. The number of nitrogens with one attached hydrogen (secondary N) is 1. The molecule has 30 heavy (non-hydrogen) atoms. The number of nitro benzene ring substituents is 1. The lowest BCUT2D eigenvalue weighted by molar-refractivity contribution is -0.384. The van der Waals surface area contributed by atoms with E-state index in [1.54, 1.807) is 23.7 Å². The number of ether oxygens (including phenoxy) is 1. The second-order valence-corrected chi connectivity index (χ2v) is 7.68. The van der Waals surface area contributed by atoms with Crippen LogP contribution in [0.25, 0.3) is 0 Å². The number of carbonyl (C=O) groups excluding carboxylic acids is 1. The molecule has 0 fully saturated rings. The van der Waals surface area contributed by atoms with E-state index in [9.17, 15) is 14.9 Å². The number of non-ortho nitro benzene ring substituents is 1. The number of anilines is 1. The Kier molecular flexibility index (Phi) is 6.91. The van der Waals surface area contributed by atoms with Crippen LogP contribution in [0.5, 0.6) is 5.75 Å². The van der Waals surface area contributed by atoms with Gasteiger partial charge in [0.05, 0.1) is 10.7 Å². The Morgan fingerprint density at radius 1 is 1.27 bits per heavy atom. The Morgan fingerprint density at radius 3 is 2.67 bits per heavy atom. The molecule has 0 spiro atoms. The normalized spacial score (nSPS) is 10.6. The number of nitro groups is 1. The van der Waals surface area contributed by atoms with Crippen molar-refractivity contribution in [3.8, 4) is 5.75 Å². The van der Waals surface area contributed by atoms with Gasteiger partial charge < -0.3 is 14.6 Å². The van der Waals surface area contributed by atoms with Gasteiger partial charge in [0.15, 0.2) is 11.0 Å². The minimum absolute atomic E-state index is 0.0370. The molecule has 11 heteroatoms. The number of amides is 1. The molecule has 0 unspecified atom stereocenters. The molecular formula is C19H18ClN5O4S. The van der Waals surface area contributed by atoms with Crippen molar-refractivity contribution in [3.05, 3.63) is 69.0 Å². The number of hydrogen-bond acceptors (Lipinski definition) is 7. The fourth-order valence-corrected chi connectivity index (χ4v) is 3.46. The second kappa shape index (κ2) is 9.59. The molecule has 1 amide bonds. The zero-order valence-electron chi connectivity index (χ0n) is 16.2. The highest BCUT2D eigenvalue weighted by Gasteiger charge is 2.13. The van der Waals surface area contributed by atoms with Crippen LogP contribution in [0, 0.1) is 17.0 Å². The number of nitrogens with zero attached hydrogens (tertiary/aromatic N) is 4. The third-order valence-corrected chi connectivity index (χ3v) is 5.37. The molecule has 1 heterocycles. The van der Waals surface area contributed by atoms with E-state index in [1.807, 2.05) is 13.0 Å². The van der Waals surface area contributed by atoms with E-state index >= 15 is 0 Å². The molecule has 1 aromatic heterocycles. The lowest BCUT2D eigenvalue weighted by atomic mass is 10.2. The molecule has 156 valence electrons. The molecule has 0 bridgehead atoms. The van der Waals surface area contributed by atoms with Crippen LogP contribution < -0.4 is 10.1 Å². The predicted octanol–water partition coefficient (Wildman–Crippen LogP) is 3.99. The largest absolute Gasteiger partial charge is 0.485 e. The number of carbonyl (C=O) groups is 1. The predicted molar refractivity (Wildman–Crippen MR) is 114 cm³/mol. The van der Waals surface area contributed by atoms with E-state index in [0.717, 1.165) is 5.56 Å². The van der Waals surface area contributed by atoms with Crippen molar-refractivity contribution in [1.29, 1.82) is 0 Å². The highest BCUT2D eigenvalue weighted by molar-refractivity contribution is 7.99. The fraction of sp³-hybridized carbons (Fsp3) is 0.211. The Labute approximate surface area is 181 Å². The molecule has 0 saturated carbocycles. The Hall–Kier alpha value is -3.11. The van der Waals surface area contributed by atoms with Crippen molar-refractivity contribution in [2.45, 2.75) is 18.7 Å². The van der Waals surface area contributed by atoms with Gasteiger partial charge >= 0.3 is 0 Å². The third-order valence-electron chi connectivity index (χ3n) is 4.11. The lowest BCUT2D eigenvalue weighted by Gasteiger charge is -2.09. The van der Waals surface area contributed by atoms with Crippen LogP contribution in [0.4, 0.5) is 11.4 Å². The van der Waals surface area contributed by atoms with Gasteiger partial charge in [0, 0.05) is 29.9 Å². The molecule has 3 aromatic rings. The standard InChI is InChI=1S/C19H18ClN5O4S/c1-12-9-13(20)3-8-16(12)29-10-17-22-23-19(24(17)2)30-11-18(26)21-14-4-6-15(7-5-14)25(27)28/h3-9H,10-11H2,1-2H3,(H,21,26). The van der Waals surface area contributed by atoms with Crippen LogP contribution in [0.1, 0.15) is 11.4 Å². The van der Waals surface area contributed by atoms with Crippen LogP contribution in [-0.4, -0.2) is 31.3 Å². The van der Waals surface area contributed by atoms with Gasteiger partial charge in [-0.2, -0.15) is 0 Å². The van der Waals surface area contributed by atoms with E-state index < -0.39 is 4.92 Å². The SMILES string of the molecule is Cc1cc(Cl)ccc1OCc1nnc(SCC(=O)Nc2ccc([N+](=O)[O-])cc2)n1C. The molecule has 0 radical (unpaired) electrons. The second-order valence-electron chi connectivity index (χ2n) is 6.30. The highest BCUT2D eigenvalue weighted by atomic mass is 35.5. The van der Waals surface area contributed by atoms with Crippen LogP contribution in [-0.2, 0) is 18.4 Å². The number of halogens is 1. The van der Waals surface area contributed by atoms with Gasteiger partial charge in [-0.05, 0) is 42.8 Å². The Morgan fingerprint density at radius 2 is 2.00 bits per heavy atom. The topological polar surface area (TPSA) is 112 Å². The van der Waals surface area contributed by atoms with Crippen LogP contribution >= 0.6 is 23.4 Å². The summed E-state index contributed by atoms with van der Waals surface area (Å²) in [5.74, 6) is 1.17. The zero-order valence-corrected chi connectivity index (χ0v) is 17.7. The fourth-order valence-electron chi connectivity index (χ4n) is 2.51. The van der Waals surface area contributed by atoms with Crippen molar-refractivity contribution in [3.63, 3.8) is 0 Å². The summed E-state index contributed by atoms with van der Waals surface area (Å²) < 4.78 is 7.54. The molecule has 0 aliphatic heterocycles. The molecule has 0 aliphatic carbocycles. The van der Waals surface area contributed by atoms with Crippen molar-refractivity contribution in [2.24, 2.45) is 7.05 Å². The van der Waals surface area contributed by atoms with E-state index in [2.05, 4.69) is 15.5 Å². The molecule has 3 rings (SSSR count). The molecule has 0 aliphatic rings. The maximum absolute atomic E-state index is 12.1. The first-order valence-corrected chi connectivity index (χ1v) is 10.1. The monoisotopic (exact) mass is 447 g/mol. The van der Waals surface area contributed by atoms with Crippen molar-refractivity contribution < 1.29 is 14.5 Å².